The second-order valence-electron chi connectivity index (χ2n) is 7.45. The quantitative estimate of drug-likeness (QED) is 0.418. The molecule has 0 aliphatic heterocycles. The van der Waals surface area contributed by atoms with Crippen molar-refractivity contribution in [3.63, 3.8) is 0 Å². The molecule has 0 bridgehead atoms. The maximum atomic E-state index is 9.99. The Balaban J connectivity index is 1.67. The molecule has 2 aromatic heterocycles. The van der Waals surface area contributed by atoms with Gasteiger partial charge in [-0.3, -0.25) is 4.98 Å². The number of benzene rings is 1. The van der Waals surface area contributed by atoms with Gasteiger partial charge in [-0.25, -0.2) is 9.83 Å². The van der Waals surface area contributed by atoms with Crippen LogP contribution in [0, 0.1) is 17.9 Å². The smallest absolute Gasteiger partial charge is 0.236 e. The molecule has 0 amide bonds. The highest BCUT2D eigenvalue weighted by atomic mass is 32.2. The number of hydrogen-bond acceptors (Lipinski definition) is 7. The maximum Gasteiger partial charge on any atom is 0.236 e. The number of nitrogens with zero attached hydrogens (tertiary/aromatic N) is 4. The second-order valence-corrected chi connectivity index (χ2v) is 8.42. The number of aliphatic hydroxyl groups is 1. The Hall–Kier alpha value is -3.59. The van der Waals surface area contributed by atoms with Gasteiger partial charge in [0.2, 0.25) is 5.69 Å². The van der Waals surface area contributed by atoms with Crippen LogP contribution in [-0.2, 0) is 5.75 Å². The molecule has 8 heteroatoms. The lowest BCUT2D eigenvalue weighted by atomic mass is 10.00. The third-order valence-electron chi connectivity index (χ3n) is 5.34. The summed E-state index contributed by atoms with van der Waals surface area (Å²) in [5, 5.41) is 20.4. The molecule has 0 unspecified atom stereocenters. The largest absolute Gasteiger partial charge is 0.488 e. The average Bonchev–Trinajstić information content (AvgIpc) is 3.22. The first kappa shape index (κ1) is 21.6. The summed E-state index contributed by atoms with van der Waals surface area (Å²) in [4.78, 5) is 12.0. The number of rotatable bonds is 6. The van der Waals surface area contributed by atoms with Gasteiger partial charge in [-0.15, -0.1) is 11.8 Å². The predicted octanol–water partition coefficient (Wildman–Crippen LogP) is 4.73. The first-order valence-corrected chi connectivity index (χ1v) is 11.2. The third-order valence-corrected chi connectivity index (χ3v) is 6.38. The van der Waals surface area contributed by atoms with E-state index in [4.69, 9.17) is 17.0 Å². The molecule has 1 fully saturated rings. The molecular weight excluding hydrogens is 422 g/mol. The first-order chi connectivity index (χ1) is 15.6. The van der Waals surface area contributed by atoms with Gasteiger partial charge in [0.25, 0.3) is 0 Å². The van der Waals surface area contributed by atoms with Crippen LogP contribution >= 0.6 is 11.8 Å². The van der Waals surface area contributed by atoms with Gasteiger partial charge < -0.3 is 15.6 Å². The number of pyridine rings is 2. The van der Waals surface area contributed by atoms with Gasteiger partial charge in [0, 0.05) is 23.7 Å². The molecule has 0 radical (unpaired) electrons. The van der Waals surface area contributed by atoms with E-state index >= 15 is 0 Å². The van der Waals surface area contributed by atoms with Gasteiger partial charge >= 0.3 is 0 Å². The molecule has 2 atom stereocenters. The van der Waals surface area contributed by atoms with Crippen molar-refractivity contribution in [2.24, 2.45) is 0 Å². The summed E-state index contributed by atoms with van der Waals surface area (Å²) in [6.07, 6.45) is 5.32. The topological polar surface area (TPSA) is 109 Å². The monoisotopic (exact) mass is 443 g/mol. The molecule has 160 valence electrons. The highest BCUT2D eigenvalue weighted by Crippen LogP contribution is 2.42. The lowest BCUT2D eigenvalue weighted by Crippen LogP contribution is -2.25. The summed E-state index contributed by atoms with van der Waals surface area (Å²) in [5.41, 5.74) is 8.73. The number of nitrogen functional groups attached to an aromatic ring is 1. The van der Waals surface area contributed by atoms with Crippen molar-refractivity contribution in [1.29, 1.82) is 5.26 Å². The Morgan fingerprint density at radius 2 is 2.09 bits per heavy atom. The Morgan fingerprint density at radius 1 is 1.28 bits per heavy atom. The van der Waals surface area contributed by atoms with E-state index in [-0.39, 0.29) is 17.6 Å². The summed E-state index contributed by atoms with van der Waals surface area (Å²) in [6, 6.07) is 13.2. The Kier molecular flexibility index (Phi) is 6.55. The average molecular weight is 444 g/mol. The van der Waals surface area contributed by atoms with E-state index in [1.54, 1.807) is 36.7 Å². The summed E-state index contributed by atoms with van der Waals surface area (Å²) >= 11 is 1.38. The molecule has 1 aromatic carbocycles. The lowest BCUT2D eigenvalue weighted by molar-refractivity contribution is 0.0604. The number of aliphatic hydroxyl groups excluding tert-OH is 1. The van der Waals surface area contributed by atoms with Gasteiger partial charge in [-0.1, -0.05) is 18.2 Å². The van der Waals surface area contributed by atoms with Crippen molar-refractivity contribution in [2.75, 3.05) is 5.73 Å². The fraction of sp³-hybridized carbons (Fsp3) is 0.250. The van der Waals surface area contributed by atoms with Crippen LogP contribution in [0.3, 0.4) is 0 Å². The van der Waals surface area contributed by atoms with Crippen molar-refractivity contribution in [2.45, 2.75) is 42.2 Å². The highest BCUT2D eigenvalue weighted by molar-refractivity contribution is 7.98. The summed E-state index contributed by atoms with van der Waals surface area (Å²) < 4.78 is 5.90. The first-order valence-electron chi connectivity index (χ1n) is 10.2. The summed E-state index contributed by atoms with van der Waals surface area (Å²) in [7, 11) is 0. The lowest BCUT2D eigenvalue weighted by Gasteiger charge is -2.18. The molecule has 4 rings (SSSR count). The normalized spacial score (nSPS) is 17.5. The molecule has 0 saturated heterocycles. The van der Waals surface area contributed by atoms with Gasteiger partial charge in [0.05, 0.1) is 18.2 Å². The molecule has 0 spiro atoms. The molecule has 3 aromatic rings. The molecule has 1 aliphatic carbocycles. The maximum absolute atomic E-state index is 9.99. The molecular formula is C24H21N5O2S. The number of hydrogen-bond donors (Lipinski definition) is 2. The van der Waals surface area contributed by atoms with Crippen LogP contribution in [-0.4, -0.2) is 27.3 Å². The molecule has 2 heterocycles. The van der Waals surface area contributed by atoms with E-state index in [1.165, 1.54) is 11.8 Å². The van der Waals surface area contributed by atoms with Crippen LogP contribution in [0.2, 0.25) is 0 Å². The zero-order valence-electron chi connectivity index (χ0n) is 17.2. The zero-order chi connectivity index (χ0) is 22.5. The highest BCUT2D eigenvalue weighted by Gasteiger charge is 2.27. The standard InChI is InChI=1S/C24H21N5O2S/c1-27-22-21(16-7-9-17(10-8-16)31-20-6-2-5-19(20)30)18(12-25)24(29-23(22)26)32-14-15-4-3-11-28-13-15/h3-4,7-11,13,19-20,30H,2,5-6,14H2,(H2,26,29)/t19-,20-/m0/s1. The zero-order valence-corrected chi connectivity index (χ0v) is 18.0. The van der Waals surface area contributed by atoms with E-state index in [9.17, 15) is 10.4 Å². The summed E-state index contributed by atoms with van der Waals surface area (Å²) in [6.45, 7) is 7.60. The number of anilines is 1. The Labute approximate surface area is 190 Å². The number of thioether (sulfide) groups is 1. The molecule has 1 saturated carbocycles. The number of aromatic nitrogens is 2. The third kappa shape index (κ3) is 4.52. The SMILES string of the molecule is [C-]#[N+]c1c(N)nc(SCc2cccnc2)c(C#N)c1-c1ccc(O[C@H]2CCC[C@@H]2O)cc1. The molecule has 3 N–H and O–H groups in total. The van der Waals surface area contributed by atoms with E-state index < -0.39 is 6.10 Å². The van der Waals surface area contributed by atoms with Gasteiger partial charge in [0.1, 0.15) is 28.8 Å². The van der Waals surface area contributed by atoms with Crippen LogP contribution in [0.5, 0.6) is 5.75 Å². The minimum Gasteiger partial charge on any atom is -0.488 e. The number of ether oxygens (including phenoxy) is 1. The number of nitrogens with two attached hydrogens (primary N) is 1. The van der Waals surface area contributed by atoms with Crippen LogP contribution in [0.1, 0.15) is 30.4 Å². The summed E-state index contributed by atoms with van der Waals surface area (Å²) in [5.74, 6) is 1.30. The predicted molar refractivity (Wildman–Crippen MR) is 123 cm³/mol. The molecule has 32 heavy (non-hydrogen) atoms. The van der Waals surface area contributed by atoms with Crippen molar-refractivity contribution < 1.29 is 9.84 Å². The van der Waals surface area contributed by atoms with E-state index in [1.807, 2.05) is 12.1 Å². The fourth-order valence-electron chi connectivity index (χ4n) is 3.73. The van der Waals surface area contributed by atoms with E-state index in [0.29, 0.717) is 33.2 Å². The Morgan fingerprint density at radius 3 is 2.72 bits per heavy atom. The second kappa shape index (κ2) is 9.69. The van der Waals surface area contributed by atoms with E-state index in [2.05, 4.69) is 20.9 Å². The van der Waals surface area contributed by atoms with Crippen molar-refractivity contribution in [1.82, 2.24) is 9.97 Å². The van der Waals surface area contributed by atoms with Crippen LogP contribution in [0.25, 0.3) is 16.0 Å². The van der Waals surface area contributed by atoms with E-state index in [0.717, 1.165) is 24.8 Å². The van der Waals surface area contributed by atoms with Crippen LogP contribution < -0.4 is 10.5 Å². The molecule has 1 aliphatic rings. The van der Waals surface area contributed by atoms with Crippen molar-refractivity contribution >= 4 is 23.3 Å². The fourth-order valence-corrected chi connectivity index (χ4v) is 4.66. The van der Waals surface area contributed by atoms with Gasteiger partial charge in [0.15, 0.2) is 0 Å². The minimum absolute atomic E-state index is 0.0945. The Bertz CT molecular complexity index is 1190. The van der Waals surface area contributed by atoms with Gasteiger partial charge in [-0.2, -0.15) is 5.26 Å². The van der Waals surface area contributed by atoms with Crippen LogP contribution in [0.15, 0.2) is 53.8 Å². The van der Waals surface area contributed by atoms with Gasteiger partial charge in [-0.05, 0) is 48.6 Å². The minimum atomic E-state index is -0.451. The molecule has 7 nitrogen and oxygen atoms in total. The van der Waals surface area contributed by atoms with Crippen molar-refractivity contribution in [3.8, 4) is 22.9 Å². The van der Waals surface area contributed by atoms with Crippen LogP contribution in [0.4, 0.5) is 11.5 Å². The number of nitriles is 1. The van der Waals surface area contributed by atoms with Crippen molar-refractivity contribution in [3.05, 3.63) is 71.3 Å².